The van der Waals surface area contributed by atoms with Crippen LogP contribution in [0.3, 0.4) is 0 Å². The fraction of sp³-hybridized carbons (Fsp3) is 0.138. The molecule has 186 valence electrons. The third kappa shape index (κ3) is 5.14. The van der Waals surface area contributed by atoms with Gasteiger partial charge in [-0.3, -0.25) is 9.36 Å². The molecule has 1 aliphatic heterocycles. The van der Waals surface area contributed by atoms with Gasteiger partial charge in [-0.15, -0.1) is 0 Å². The number of hydrogen-bond acceptors (Lipinski definition) is 6. The molecule has 0 saturated heterocycles. The fourth-order valence-electron chi connectivity index (χ4n) is 4.20. The Bertz CT molecular complexity index is 1650. The third-order valence-electron chi connectivity index (χ3n) is 6.04. The molecule has 6 nitrogen and oxygen atoms in total. The number of methoxy groups -OCH3 is 1. The van der Waals surface area contributed by atoms with Crippen molar-refractivity contribution in [3.63, 3.8) is 0 Å². The van der Waals surface area contributed by atoms with Crippen LogP contribution in [0.1, 0.15) is 29.7 Å². The molecule has 1 unspecified atom stereocenters. The number of fused-ring (bicyclic) bond motifs is 1. The summed E-state index contributed by atoms with van der Waals surface area (Å²) in [6.07, 6.45) is 1.83. The van der Waals surface area contributed by atoms with E-state index < -0.39 is 12.0 Å². The van der Waals surface area contributed by atoms with Crippen LogP contribution in [0, 0.1) is 0 Å². The minimum Gasteiger partial charge on any atom is -0.489 e. The van der Waals surface area contributed by atoms with Crippen LogP contribution in [0.15, 0.2) is 99.9 Å². The standard InChI is InChI=1S/C29H23ClN2O4S/c1-18-25(28(34)35-2)26(21-6-4-3-5-7-21)32-27(33)24(37-29(32)31-18)16-19-10-14-23(15-11-19)36-17-20-8-12-22(30)13-9-20/h3-16,26H,17H2,1-2H3. The number of aromatic nitrogens is 1. The summed E-state index contributed by atoms with van der Waals surface area (Å²) in [4.78, 5) is 31.4. The van der Waals surface area contributed by atoms with Gasteiger partial charge in [0.25, 0.3) is 5.56 Å². The third-order valence-corrected chi connectivity index (χ3v) is 7.27. The minimum atomic E-state index is -0.615. The first kappa shape index (κ1) is 24.7. The Labute approximate surface area is 222 Å². The van der Waals surface area contributed by atoms with E-state index in [-0.39, 0.29) is 5.56 Å². The maximum atomic E-state index is 13.6. The number of ether oxygens (including phenoxy) is 2. The molecule has 0 fully saturated rings. The molecule has 0 spiro atoms. The lowest BCUT2D eigenvalue weighted by Crippen LogP contribution is -2.39. The van der Waals surface area contributed by atoms with Crippen LogP contribution < -0.4 is 19.6 Å². The lowest BCUT2D eigenvalue weighted by molar-refractivity contribution is -0.136. The summed E-state index contributed by atoms with van der Waals surface area (Å²) in [5.41, 5.74) is 3.36. The molecular formula is C29H23ClN2O4S. The Kier molecular flexibility index (Phi) is 7.08. The predicted molar refractivity (Wildman–Crippen MR) is 144 cm³/mol. The maximum absolute atomic E-state index is 13.6. The molecule has 4 aromatic rings. The van der Waals surface area contributed by atoms with Gasteiger partial charge in [0.15, 0.2) is 4.80 Å². The Morgan fingerprint density at radius 3 is 2.43 bits per heavy atom. The smallest absolute Gasteiger partial charge is 0.338 e. The lowest BCUT2D eigenvalue weighted by atomic mass is 9.96. The second-order valence-corrected chi connectivity index (χ2v) is 9.91. The molecule has 2 heterocycles. The van der Waals surface area contributed by atoms with Crippen LogP contribution in [0.5, 0.6) is 5.75 Å². The molecule has 0 aliphatic carbocycles. The van der Waals surface area contributed by atoms with E-state index in [1.165, 1.54) is 18.4 Å². The van der Waals surface area contributed by atoms with Crippen LogP contribution in [-0.4, -0.2) is 17.6 Å². The molecule has 0 bridgehead atoms. The highest BCUT2D eigenvalue weighted by Gasteiger charge is 2.32. The number of hydrogen-bond donors (Lipinski definition) is 0. The monoisotopic (exact) mass is 530 g/mol. The molecule has 0 N–H and O–H groups in total. The number of benzene rings is 3. The quantitative estimate of drug-likeness (QED) is 0.341. The largest absolute Gasteiger partial charge is 0.489 e. The molecule has 8 heteroatoms. The second kappa shape index (κ2) is 10.6. The van der Waals surface area contributed by atoms with Crippen molar-refractivity contribution >= 4 is 35.0 Å². The summed E-state index contributed by atoms with van der Waals surface area (Å²) in [5, 5.41) is 0.685. The first-order valence-corrected chi connectivity index (χ1v) is 12.8. The average molecular weight is 531 g/mol. The number of halogens is 1. The minimum absolute atomic E-state index is 0.213. The SMILES string of the molecule is COC(=O)C1=C(C)N=c2sc(=Cc3ccc(OCc4ccc(Cl)cc4)cc3)c(=O)n2C1c1ccccc1. The highest BCUT2D eigenvalue weighted by Crippen LogP contribution is 2.30. The van der Waals surface area contributed by atoms with E-state index in [9.17, 15) is 9.59 Å². The molecule has 1 atom stereocenters. The molecule has 1 aromatic heterocycles. The number of nitrogens with zero attached hydrogens (tertiary/aromatic N) is 2. The van der Waals surface area contributed by atoms with Crippen LogP contribution in [0.25, 0.3) is 6.08 Å². The summed E-state index contributed by atoms with van der Waals surface area (Å²) >= 11 is 7.23. The van der Waals surface area contributed by atoms with Gasteiger partial charge in [0.1, 0.15) is 12.4 Å². The Hall–Kier alpha value is -3.94. The van der Waals surface area contributed by atoms with Crippen molar-refractivity contribution < 1.29 is 14.3 Å². The molecule has 0 saturated carbocycles. The Morgan fingerprint density at radius 1 is 1.05 bits per heavy atom. The van der Waals surface area contributed by atoms with Gasteiger partial charge in [-0.25, -0.2) is 9.79 Å². The first-order valence-electron chi connectivity index (χ1n) is 11.6. The summed E-state index contributed by atoms with van der Waals surface area (Å²) in [5.74, 6) is 0.217. The van der Waals surface area contributed by atoms with Crippen LogP contribution >= 0.6 is 22.9 Å². The lowest BCUT2D eigenvalue weighted by Gasteiger charge is -2.24. The maximum Gasteiger partial charge on any atom is 0.338 e. The number of esters is 1. The molecule has 37 heavy (non-hydrogen) atoms. The number of rotatable bonds is 6. The van der Waals surface area contributed by atoms with E-state index in [1.54, 1.807) is 11.5 Å². The van der Waals surface area contributed by atoms with E-state index >= 15 is 0 Å². The van der Waals surface area contributed by atoms with Crippen molar-refractivity contribution in [1.82, 2.24) is 4.57 Å². The summed E-state index contributed by atoms with van der Waals surface area (Å²) in [7, 11) is 1.33. The van der Waals surface area contributed by atoms with E-state index in [0.717, 1.165) is 22.4 Å². The normalized spacial score (nSPS) is 15.2. The number of carbonyl (C=O) groups is 1. The first-order chi connectivity index (χ1) is 17.9. The molecule has 1 aliphatic rings. The van der Waals surface area contributed by atoms with Gasteiger partial charge in [0.05, 0.1) is 29.0 Å². The number of carbonyl (C=O) groups excluding carboxylic acids is 1. The number of allylic oxidation sites excluding steroid dienone is 1. The van der Waals surface area contributed by atoms with E-state index in [0.29, 0.717) is 32.2 Å². The van der Waals surface area contributed by atoms with Crippen molar-refractivity contribution in [3.8, 4) is 5.75 Å². The van der Waals surface area contributed by atoms with Crippen molar-refractivity contribution in [2.75, 3.05) is 7.11 Å². The van der Waals surface area contributed by atoms with Gasteiger partial charge < -0.3 is 9.47 Å². The Morgan fingerprint density at radius 2 is 1.76 bits per heavy atom. The zero-order chi connectivity index (χ0) is 25.9. The molecule has 0 radical (unpaired) electrons. The van der Waals surface area contributed by atoms with Gasteiger partial charge in [-0.1, -0.05) is 77.5 Å². The summed E-state index contributed by atoms with van der Waals surface area (Å²) < 4.78 is 13.0. The van der Waals surface area contributed by atoms with Gasteiger partial charge in [-0.05, 0) is 54.0 Å². The van der Waals surface area contributed by atoms with Gasteiger partial charge in [-0.2, -0.15) is 0 Å². The average Bonchev–Trinajstić information content (AvgIpc) is 3.22. The van der Waals surface area contributed by atoms with E-state index in [2.05, 4.69) is 4.99 Å². The number of thiazole rings is 1. The predicted octanol–water partition coefficient (Wildman–Crippen LogP) is 4.64. The molecular weight excluding hydrogens is 508 g/mol. The van der Waals surface area contributed by atoms with Crippen molar-refractivity contribution in [3.05, 3.63) is 132 Å². The van der Waals surface area contributed by atoms with Crippen LogP contribution in [-0.2, 0) is 16.1 Å². The van der Waals surface area contributed by atoms with Gasteiger partial charge in [0.2, 0.25) is 0 Å². The second-order valence-electron chi connectivity index (χ2n) is 8.47. The van der Waals surface area contributed by atoms with E-state index in [4.69, 9.17) is 21.1 Å². The van der Waals surface area contributed by atoms with Crippen LogP contribution in [0.2, 0.25) is 5.02 Å². The fourth-order valence-corrected chi connectivity index (χ4v) is 5.37. The van der Waals surface area contributed by atoms with Crippen LogP contribution in [0.4, 0.5) is 0 Å². The van der Waals surface area contributed by atoms with Crippen molar-refractivity contribution in [2.24, 2.45) is 4.99 Å². The van der Waals surface area contributed by atoms with Crippen molar-refractivity contribution in [1.29, 1.82) is 0 Å². The van der Waals surface area contributed by atoms with Crippen molar-refractivity contribution in [2.45, 2.75) is 19.6 Å². The zero-order valence-electron chi connectivity index (χ0n) is 20.2. The molecule has 5 rings (SSSR count). The Balaban J connectivity index is 1.47. The summed E-state index contributed by atoms with van der Waals surface area (Å²) in [6, 6.07) is 23.9. The summed E-state index contributed by atoms with van der Waals surface area (Å²) in [6.45, 7) is 2.19. The van der Waals surface area contributed by atoms with Gasteiger partial charge in [0, 0.05) is 5.02 Å². The topological polar surface area (TPSA) is 69.9 Å². The highest BCUT2D eigenvalue weighted by molar-refractivity contribution is 7.07. The molecule has 3 aromatic carbocycles. The molecule has 0 amide bonds. The zero-order valence-corrected chi connectivity index (χ0v) is 21.8. The van der Waals surface area contributed by atoms with E-state index in [1.807, 2.05) is 84.9 Å². The van der Waals surface area contributed by atoms with Gasteiger partial charge >= 0.3 is 5.97 Å². The highest BCUT2D eigenvalue weighted by atomic mass is 35.5.